The predicted molar refractivity (Wildman–Crippen MR) is 73.4 cm³/mol. The fourth-order valence-corrected chi connectivity index (χ4v) is 2.03. The molecule has 94 valence electrons. The number of halogens is 2. The second-order valence-electron chi connectivity index (χ2n) is 3.85. The molecule has 0 unspecified atom stereocenters. The van der Waals surface area contributed by atoms with Crippen molar-refractivity contribution in [2.75, 3.05) is 6.54 Å². The molecule has 0 radical (unpaired) electrons. The van der Waals surface area contributed by atoms with E-state index in [-0.39, 0.29) is 5.82 Å². The second-order valence-corrected chi connectivity index (χ2v) is 4.77. The number of benzene rings is 2. The van der Waals surface area contributed by atoms with E-state index in [2.05, 4.69) is 15.9 Å². The van der Waals surface area contributed by atoms with E-state index in [9.17, 15) is 4.39 Å². The first-order valence-electron chi connectivity index (χ1n) is 5.61. The summed E-state index contributed by atoms with van der Waals surface area (Å²) in [7, 11) is 0. The zero-order valence-corrected chi connectivity index (χ0v) is 11.3. The standard InChI is InChI=1S/C14H13BrFNO/c15-11-2-1-3-13(9-11)18-14-5-4-12(16)8-10(14)6-7-17/h1-5,8-9H,6-7,17H2. The molecule has 2 aromatic carbocycles. The second kappa shape index (κ2) is 5.98. The van der Waals surface area contributed by atoms with Gasteiger partial charge in [0.15, 0.2) is 0 Å². The molecule has 0 saturated heterocycles. The largest absolute Gasteiger partial charge is 0.457 e. The first-order chi connectivity index (χ1) is 8.69. The minimum atomic E-state index is -0.278. The number of hydrogen-bond acceptors (Lipinski definition) is 2. The molecule has 0 aliphatic carbocycles. The van der Waals surface area contributed by atoms with E-state index in [1.54, 1.807) is 6.07 Å². The van der Waals surface area contributed by atoms with Crippen LogP contribution in [0.25, 0.3) is 0 Å². The van der Waals surface area contributed by atoms with Gasteiger partial charge in [-0.05, 0) is 54.9 Å². The lowest BCUT2D eigenvalue weighted by atomic mass is 10.1. The van der Waals surface area contributed by atoms with Gasteiger partial charge in [0, 0.05) is 4.47 Å². The quantitative estimate of drug-likeness (QED) is 0.930. The first-order valence-corrected chi connectivity index (χ1v) is 6.40. The highest BCUT2D eigenvalue weighted by atomic mass is 79.9. The van der Waals surface area contributed by atoms with Crippen molar-refractivity contribution < 1.29 is 9.13 Å². The Morgan fingerprint density at radius 1 is 1.17 bits per heavy atom. The van der Waals surface area contributed by atoms with Crippen LogP contribution in [0.2, 0.25) is 0 Å². The van der Waals surface area contributed by atoms with Gasteiger partial charge in [-0.1, -0.05) is 22.0 Å². The monoisotopic (exact) mass is 309 g/mol. The summed E-state index contributed by atoms with van der Waals surface area (Å²) in [6, 6.07) is 12.0. The van der Waals surface area contributed by atoms with Crippen LogP contribution in [-0.2, 0) is 6.42 Å². The number of hydrogen-bond donors (Lipinski definition) is 1. The van der Waals surface area contributed by atoms with Gasteiger partial charge in [0.25, 0.3) is 0 Å². The van der Waals surface area contributed by atoms with Crippen LogP contribution >= 0.6 is 15.9 Å². The lowest BCUT2D eigenvalue weighted by molar-refractivity contribution is 0.473. The average Bonchev–Trinajstić information content (AvgIpc) is 2.33. The minimum absolute atomic E-state index is 0.278. The van der Waals surface area contributed by atoms with Gasteiger partial charge < -0.3 is 10.5 Å². The zero-order valence-electron chi connectivity index (χ0n) is 9.70. The van der Waals surface area contributed by atoms with E-state index in [0.29, 0.717) is 24.5 Å². The molecule has 0 bridgehead atoms. The smallest absolute Gasteiger partial charge is 0.130 e. The Hall–Kier alpha value is -1.39. The Bertz CT molecular complexity index is 545. The average molecular weight is 310 g/mol. The van der Waals surface area contributed by atoms with Crippen molar-refractivity contribution in [2.45, 2.75) is 6.42 Å². The summed E-state index contributed by atoms with van der Waals surface area (Å²) < 4.78 is 19.8. The molecular weight excluding hydrogens is 297 g/mol. The highest BCUT2D eigenvalue weighted by molar-refractivity contribution is 9.10. The third kappa shape index (κ3) is 3.31. The lowest BCUT2D eigenvalue weighted by Crippen LogP contribution is -2.04. The molecule has 0 aromatic heterocycles. The van der Waals surface area contributed by atoms with Gasteiger partial charge in [0.05, 0.1) is 0 Å². The molecule has 0 atom stereocenters. The Balaban J connectivity index is 2.28. The topological polar surface area (TPSA) is 35.2 Å². The van der Waals surface area contributed by atoms with Crippen molar-refractivity contribution in [3.05, 3.63) is 58.3 Å². The molecular formula is C14H13BrFNO. The summed E-state index contributed by atoms with van der Waals surface area (Å²) in [6.45, 7) is 0.457. The van der Waals surface area contributed by atoms with Gasteiger partial charge in [-0.15, -0.1) is 0 Å². The van der Waals surface area contributed by atoms with Crippen LogP contribution in [0.15, 0.2) is 46.9 Å². The fourth-order valence-electron chi connectivity index (χ4n) is 1.66. The van der Waals surface area contributed by atoms with E-state index < -0.39 is 0 Å². The van der Waals surface area contributed by atoms with Crippen LogP contribution in [0.1, 0.15) is 5.56 Å². The van der Waals surface area contributed by atoms with Gasteiger partial charge in [-0.25, -0.2) is 4.39 Å². The van der Waals surface area contributed by atoms with Crippen molar-refractivity contribution in [2.24, 2.45) is 5.73 Å². The number of ether oxygens (including phenoxy) is 1. The van der Waals surface area contributed by atoms with Crippen molar-refractivity contribution in [1.82, 2.24) is 0 Å². The van der Waals surface area contributed by atoms with Crippen molar-refractivity contribution in [3.63, 3.8) is 0 Å². The molecule has 2 rings (SSSR count). The molecule has 18 heavy (non-hydrogen) atoms. The summed E-state index contributed by atoms with van der Waals surface area (Å²) in [4.78, 5) is 0. The van der Waals surface area contributed by atoms with E-state index in [4.69, 9.17) is 10.5 Å². The summed E-state index contributed by atoms with van der Waals surface area (Å²) >= 11 is 3.38. The summed E-state index contributed by atoms with van der Waals surface area (Å²) in [5.41, 5.74) is 6.29. The van der Waals surface area contributed by atoms with Gasteiger partial charge in [-0.3, -0.25) is 0 Å². The van der Waals surface area contributed by atoms with Gasteiger partial charge in [-0.2, -0.15) is 0 Å². The van der Waals surface area contributed by atoms with Crippen LogP contribution < -0.4 is 10.5 Å². The van der Waals surface area contributed by atoms with Crippen molar-refractivity contribution in [1.29, 1.82) is 0 Å². The molecule has 0 aliphatic rings. The fraction of sp³-hybridized carbons (Fsp3) is 0.143. The lowest BCUT2D eigenvalue weighted by Gasteiger charge is -2.11. The van der Waals surface area contributed by atoms with Crippen LogP contribution in [0.4, 0.5) is 4.39 Å². The summed E-state index contributed by atoms with van der Waals surface area (Å²) in [5.74, 6) is 1.06. The third-order valence-corrected chi connectivity index (χ3v) is 2.95. The highest BCUT2D eigenvalue weighted by Gasteiger charge is 2.06. The SMILES string of the molecule is NCCc1cc(F)ccc1Oc1cccc(Br)c1. The molecule has 2 nitrogen and oxygen atoms in total. The van der Waals surface area contributed by atoms with E-state index in [1.807, 2.05) is 24.3 Å². The van der Waals surface area contributed by atoms with Crippen LogP contribution in [0, 0.1) is 5.82 Å². The minimum Gasteiger partial charge on any atom is -0.457 e. The molecule has 0 aliphatic heterocycles. The van der Waals surface area contributed by atoms with Crippen molar-refractivity contribution >= 4 is 15.9 Å². The van der Waals surface area contributed by atoms with Crippen molar-refractivity contribution in [3.8, 4) is 11.5 Å². The van der Waals surface area contributed by atoms with Crippen LogP contribution in [0.3, 0.4) is 0 Å². The van der Waals surface area contributed by atoms with Crippen LogP contribution in [-0.4, -0.2) is 6.54 Å². The highest BCUT2D eigenvalue weighted by Crippen LogP contribution is 2.28. The molecule has 2 aromatic rings. The molecule has 2 N–H and O–H groups in total. The van der Waals surface area contributed by atoms with E-state index >= 15 is 0 Å². The maximum atomic E-state index is 13.2. The molecule has 0 fully saturated rings. The number of nitrogens with two attached hydrogens (primary N) is 1. The predicted octanol–water partition coefficient (Wildman–Crippen LogP) is 3.88. The molecule has 4 heteroatoms. The summed E-state index contributed by atoms with van der Waals surface area (Å²) in [5, 5.41) is 0. The number of rotatable bonds is 4. The Kier molecular flexibility index (Phi) is 4.33. The normalized spacial score (nSPS) is 10.4. The van der Waals surface area contributed by atoms with Crippen LogP contribution in [0.5, 0.6) is 11.5 Å². The first kappa shape index (κ1) is 13.1. The molecule has 0 amide bonds. The Morgan fingerprint density at radius 2 is 2.00 bits per heavy atom. The van der Waals surface area contributed by atoms with Gasteiger partial charge in [0.1, 0.15) is 17.3 Å². The van der Waals surface area contributed by atoms with Gasteiger partial charge >= 0.3 is 0 Å². The Morgan fingerprint density at radius 3 is 2.72 bits per heavy atom. The van der Waals surface area contributed by atoms with E-state index in [0.717, 1.165) is 10.0 Å². The maximum Gasteiger partial charge on any atom is 0.130 e. The van der Waals surface area contributed by atoms with E-state index in [1.165, 1.54) is 12.1 Å². The van der Waals surface area contributed by atoms with Gasteiger partial charge in [0.2, 0.25) is 0 Å². The zero-order chi connectivity index (χ0) is 13.0. The molecule has 0 saturated carbocycles. The maximum absolute atomic E-state index is 13.2. The molecule has 0 heterocycles. The summed E-state index contributed by atoms with van der Waals surface area (Å²) in [6.07, 6.45) is 0.584. The molecule has 0 spiro atoms. The third-order valence-electron chi connectivity index (χ3n) is 2.46. The Labute approximate surface area is 114 Å².